The molecule has 1 fully saturated rings. The van der Waals surface area contributed by atoms with E-state index in [2.05, 4.69) is 57.2 Å². The van der Waals surface area contributed by atoms with Crippen molar-refractivity contribution in [1.29, 1.82) is 0 Å². The Labute approximate surface area is 253 Å². The standard InChI is InChI=1S/C30H44ClN7O2S/c1-7-30(5,28-20(2)9-8-10-23(28)31)33-18-24(39)25-19-32-29(41-25)21(3)34-26-17-27(36-22(4)35-26)38-13-11-37(12-14-38)15-16-40-6/h10,17,19,21,33H,7-9,11-16,18H2,1-6H3,(H,34,35,36). The van der Waals surface area contributed by atoms with Crippen molar-refractivity contribution in [2.24, 2.45) is 0 Å². The van der Waals surface area contributed by atoms with E-state index in [9.17, 15) is 4.79 Å². The molecule has 0 radical (unpaired) electrons. The van der Waals surface area contributed by atoms with Crippen LogP contribution in [0, 0.1) is 6.92 Å². The first-order valence-corrected chi connectivity index (χ1v) is 15.7. The monoisotopic (exact) mass is 601 g/mol. The number of piperazine rings is 1. The summed E-state index contributed by atoms with van der Waals surface area (Å²) >= 11 is 8.03. The van der Waals surface area contributed by atoms with E-state index in [1.165, 1.54) is 16.9 Å². The number of rotatable bonds is 13. The molecule has 4 rings (SSSR count). The van der Waals surface area contributed by atoms with Crippen LogP contribution in [0.25, 0.3) is 0 Å². The van der Waals surface area contributed by atoms with Gasteiger partial charge in [0, 0.05) is 62.7 Å². The van der Waals surface area contributed by atoms with Crippen molar-refractivity contribution in [1.82, 2.24) is 25.2 Å². The Balaban J connectivity index is 1.36. The van der Waals surface area contributed by atoms with Gasteiger partial charge in [-0.15, -0.1) is 11.3 Å². The van der Waals surface area contributed by atoms with Crippen LogP contribution in [0.5, 0.6) is 0 Å². The number of hydrogen-bond donors (Lipinski definition) is 2. The number of carbonyl (C=O) groups is 1. The van der Waals surface area contributed by atoms with Crippen molar-refractivity contribution in [2.75, 3.05) is 63.2 Å². The predicted molar refractivity (Wildman–Crippen MR) is 168 cm³/mol. The lowest BCUT2D eigenvalue weighted by atomic mass is 9.82. The topological polar surface area (TPSA) is 95.5 Å². The van der Waals surface area contributed by atoms with Gasteiger partial charge in [-0.1, -0.05) is 30.2 Å². The van der Waals surface area contributed by atoms with E-state index in [1.54, 1.807) is 13.3 Å². The fourth-order valence-electron chi connectivity index (χ4n) is 5.44. The largest absolute Gasteiger partial charge is 0.383 e. The number of Topliss-reactive ketones (excluding diaryl/α,β-unsaturated/α-hetero) is 1. The Hall–Kier alpha value is -2.37. The van der Waals surface area contributed by atoms with Gasteiger partial charge in [0.25, 0.3) is 0 Å². The van der Waals surface area contributed by atoms with Crippen LogP contribution in [0.1, 0.15) is 73.5 Å². The third-order valence-electron chi connectivity index (χ3n) is 8.07. The zero-order valence-electron chi connectivity index (χ0n) is 25.2. The summed E-state index contributed by atoms with van der Waals surface area (Å²) in [7, 11) is 1.74. The Morgan fingerprint density at radius 2 is 2.00 bits per heavy atom. The zero-order valence-corrected chi connectivity index (χ0v) is 26.8. The van der Waals surface area contributed by atoms with Crippen molar-refractivity contribution >= 4 is 40.4 Å². The summed E-state index contributed by atoms with van der Waals surface area (Å²) < 4.78 is 5.22. The number of anilines is 2. The van der Waals surface area contributed by atoms with Gasteiger partial charge in [0.05, 0.1) is 24.1 Å². The Morgan fingerprint density at radius 1 is 1.24 bits per heavy atom. The molecule has 3 heterocycles. The maximum atomic E-state index is 13.2. The first-order valence-electron chi connectivity index (χ1n) is 14.5. The molecule has 1 aliphatic heterocycles. The molecule has 0 amide bonds. The predicted octanol–water partition coefficient (Wildman–Crippen LogP) is 5.36. The number of ketones is 1. The highest BCUT2D eigenvalue weighted by atomic mass is 35.5. The molecule has 1 aliphatic carbocycles. The minimum absolute atomic E-state index is 0.0274. The lowest BCUT2D eigenvalue weighted by molar-refractivity contribution is 0.0985. The van der Waals surface area contributed by atoms with Crippen LogP contribution in [-0.2, 0) is 4.74 Å². The first-order chi connectivity index (χ1) is 19.6. The fourth-order valence-corrected chi connectivity index (χ4v) is 6.78. The molecular formula is C30H44ClN7O2S. The summed E-state index contributed by atoms with van der Waals surface area (Å²) in [5.41, 5.74) is 2.04. The number of aromatic nitrogens is 3. The van der Waals surface area contributed by atoms with Gasteiger partial charge in [0.2, 0.25) is 0 Å². The Bertz CT molecular complexity index is 1270. The number of aryl methyl sites for hydroxylation is 1. The number of nitrogens with zero attached hydrogens (tertiary/aromatic N) is 5. The quantitative estimate of drug-likeness (QED) is 0.294. The highest BCUT2D eigenvalue weighted by molar-refractivity contribution is 7.13. The summed E-state index contributed by atoms with van der Waals surface area (Å²) in [6.07, 6.45) is 6.56. The number of methoxy groups -OCH3 is 1. The van der Waals surface area contributed by atoms with Crippen LogP contribution >= 0.6 is 22.9 Å². The van der Waals surface area contributed by atoms with Gasteiger partial charge < -0.3 is 20.3 Å². The molecule has 0 saturated carbocycles. The Morgan fingerprint density at radius 3 is 2.68 bits per heavy atom. The molecule has 2 atom stereocenters. The van der Waals surface area contributed by atoms with Crippen LogP contribution in [0.15, 0.2) is 34.5 Å². The number of ether oxygens (including phenoxy) is 1. The summed E-state index contributed by atoms with van der Waals surface area (Å²) in [6.45, 7) is 16.1. The van der Waals surface area contributed by atoms with E-state index < -0.39 is 0 Å². The Kier molecular flexibility index (Phi) is 10.9. The lowest BCUT2D eigenvalue weighted by Gasteiger charge is -2.35. The van der Waals surface area contributed by atoms with E-state index in [0.29, 0.717) is 4.88 Å². The number of hydrogen-bond acceptors (Lipinski definition) is 10. The van der Waals surface area contributed by atoms with E-state index in [1.807, 2.05) is 19.9 Å². The third-order valence-corrected chi connectivity index (χ3v) is 9.64. The second-order valence-electron chi connectivity index (χ2n) is 11.1. The molecule has 41 heavy (non-hydrogen) atoms. The van der Waals surface area contributed by atoms with Gasteiger partial charge in [0.15, 0.2) is 5.78 Å². The SMILES string of the molecule is CCC(C)(NCC(=O)c1cnc(C(C)Nc2cc(N3CCN(CCOC)CC3)nc(C)n2)s1)C1=C(C)CCC=C1Cl. The second-order valence-corrected chi connectivity index (χ2v) is 12.6. The van der Waals surface area contributed by atoms with Crippen LogP contribution in [0.3, 0.4) is 0 Å². The molecular weight excluding hydrogens is 558 g/mol. The van der Waals surface area contributed by atoms with E-state index in [-0.39, 0.29) is 23.9 Å². The van der Waals surface area contributed by atoms with Crippen LogP contribution < -0.4 is 15.5 Å². The molecule has 0 spiro atoms. The molecule has 9 nitrogen and oxygen atoms in total. The number of allylic oxidation sites excluding steroid dienone is 2. The molecule has 2 N–H and O–H groups in total. The van der Waals surface area contributed by atoms with Crippen LogP contribution in [-0.4, -0.2) is 84.2 Å². The van der Waals surface area contributed by atoms with Crippen molar-refractivity contribution in [3.63, 3.8) is 0 Å². The van der Waals surface area contributed by atoms with Crippen molar-refractivity contribution in [3.8, 4) is 0 Å². The van der Waals surface area contributed by atoms with Gasteiger partial charge in [0.1, 0.15) is 22.5 Å². The average Bonchev–Trinajstić information content (AvgIpc) is 3.45. The van der Waals surface area contributed by atoms with Gasteiger partial charge in [-0.2, -0.15) is 0 Å². The molecule has 2 aromatic rings. The average molecular weight is 602 g/mol. The fraction of sp³-hybridized carbons (Fsp3) is 0.600. The third kappa shape index (κ3) is 7.93. The summed E-state index contributed by atoms with van der Waals surface area (Å²) in [5, 5.41) is 8.62. The molecule has 224 valence electrons. The normalized spacial score (nSPS) is 18.7. The summed E-state index contributed by atoms with van der Waals surface area (Å²) in [4.78, 5) is 32.4. The first kappa shape index (κ1) is 31.6. The van der Waals surface area contributed by atoms with E-state index >= 15 is 0 Å². The number of nitrogens with one attached hydrogen (secondary N) is 2. The number of carbonyl (C=O) groups excluding carboxylic acids is 1. The molecule has 11 heteroatoms. The maximum Gasteiger partial charge on any atom is 0.188 e. The highest BCUT2D eigenvalue weighted by Crippen LogP contribution is 2.37. The van der Waals surface area contributed by atoms with Crippen molar-refractivity contribution in [3.05, 3.63) is 50.2 Å². The second kappa shape index (κ2) is 14.2. The van der Waals surface area contributed by atoms with E-state index in [0.717, 1.165) is 91.7 Å². The minimum Gasteiger partial charge on any atom is -0.383 e. The summed E-state index contributed by atoms with van der Waals surface area (Å²) in [6, 6.07) is 1.90. The zero-order chi connectivity index (χ0) is 29.6. The lowest BCUT2D eigenvalue weighted by Crippen LogP contribution is -2.47. The smallest absolute Gasteiger partial charge is 0.188 e. The molecule has 2 unspecified atom stereocenters. The van der Waals surface area contributed by atoms with E-state index in [4.69, 9.17) is 21.3 Å². The van der Waals surface area contributed by atoms with Crippen LogP contribution in [0.4, 0.5) is 11.6 Å². The molecule has 0 bridgehead atoms. The molecule has 2 aromatic heterocycles. The van der Waals surface area contributed by atoms with Crippen LogP contribution in [0.2, 0.25) is 0 Å². The van der Waals surface area contributed by atoms with Gasteiger partial charge >= 0.3 is 0 Å². The van der Waals surface area contributed by atoms with Crippen molar-refractivity contribution in [2.45, 2.75) is 65.5 Å². The molecule has 1 saturated heterocycles. The van der Waals surface area contributed by atoms with Gasteiger partial charge in [-0.25, -0.2) is 15.0 Å². The van der Waals surface area contributed by atoms with Gasteiger partial charge in [-0.05, 0) is 52.5 Å². The number of halogens is 1. The summed E-state index contributed by atoms with van der Waals surface area (Å²) in [5.74, 6) is 2.43. The highest BCUT2D eigenvalue weighted by Gasteiger charge is 2.32. The van der Waals surface area contributed by atoms with Gasteiger partial charge in [-0.3, -0.25) is 9.69 Å². The minimum atomic E-state index is -0.366. The molecule has 0 aromatic carbocycles. The number of thiazole rings is 1. The maximum absolute atomic E-state index is 13.2. The van der Waals surface area contributed by atoms with Crippen molar-refractivity contribution < 1.29 is 9.53 Å². The molecule has 2 aliphatic rings.